The van der Waals surface area contributed by atoms with Gasteiger partial charge in [-0.15, -0.1) is 0 Å². The lowest BCUT2D eigenvalue weighted by molar-refractivity contribution is 0.0679. The third-order valence-electron chi connectivity index (χ3n) is 6.99. The number of hydrogen-bond donors (Lipinski definition) is 2. The summed E-state index contributed by atoms with van der Waals surface area (Å²) in [6, 6.07) is 3.64. The molecular weight excluding hydrogens is 350 g/mol. The van der Waals surface area contributed by atoms with Crippen molar-refractivity contribution in [1.29, 1.82) is 0 Å². The number of urea groups is 1. The lowest BCUT2D eigenvalue weighted by atomic mass is 9.86. The fourth-order valence-corrected chi connectivity index (χ4v) is 5.42. The number of piperazine rings is 1. The Morgan fingerprint density at radius 2 is 1.93 bits per heavy atom. The van der Waals surface area contributed by atoms with Crippen LogP contribution in [-0.2, 0) is 6.54 Å². The van der Waals surface area contributed by atoms with Crippen molar-refractivity contribution in [3.05, 3.63) is 35.7 Å². The van der Waals surface area contributed by atoms with Gasteiger partial charge < -0.3 is 10.6 Å². The largest absolute Gasteiger partial charge is 0.333 e. The molecule has 28 heavy (non-hydrogen) atoms. The highest BCUT2D eigenvalue weighted by Gasteiger charge is 2.39. The van der Waals surface area contributed by atoms with Crippen molar-refractivity contribution in [3.63, 3.8) is 0 Å². The molecule has 1 saturated carbocycles. The molecule has 2 aliphatic heterocycles. The Balaban J connectivity index is 1.14. The molecule has 1 aromatic heterocycles. The number of rotatable bonds is 4. The standard InChI is InChI=1S/C22H31N5O/c28-22-24-20-6-5-19(12-21(20)25-22)27-9-7-26(8-10-27)15-16-11-18(14-23-13-16)17-3-1-2-4-17/h3,11,13-14,19-21H,1-2,4-10,12,15H2,(H2,24,25,28). The second-order valence-corrected chi connectivity index (χ2v) is 8.81. The van der Waals surface area contributed by atoms with Crippen LogP contribution < -0.4 is 10.6 Å². The molecule has 6 nitrogen and oxygen atoms in total. The first-order chi connectivity index (χ1) is 13.7. The van der Waals surface area contributed by atoms with E-state index >= 15 is 0 Å². The van der Waals surface area contributed by atoms with Gasteiger partial charge >= 0.3 is 6.03 Å². The fraction of sp³-hybridized carbons (Fsp3) is 0.636. The van der Waals surface area contributed by atoms with E-state index in [0.717, 1.165) is 45.6 Å². The number of hydrogen-bond acceptors (Lipinski definition) is 4. The van der Waals surface area contributed by atoms with Gasteiger partial charge in [0.05, 0.1) is 12.1 Å². The molecule has 3 heterocycles. The van der Waals surface area contributed by atoms with Gasteiger partial charge in [0.15, 0.2) is 0 Å². The molecule has 0 bridgehead atoms. The molecule has 2 N–H and O–H groups in total. The average molecular weight is 382 g/mol. The first kappa shape index (κ1) is 18.1. The number of pyridine rings is 1. The van der Waals surface area contributed by atoms with Gasteiger partial charge in [-0.1, -0.05) is 6.08 Å². The highest BCUT2D eigenvalue weighted by molar-refractivity contribution is 5.77. The topological polar surface area (TPSA) is 60.5 Å². The molecule has 0 radical (unpaired) electrons. The zero-order valence-electron chi connectivity index (χ0n) is 16.6. The number of fused-ring (bicyclic) bond motifs is 1. The molecule has 3 unspecified atom stereocenters. The van der Waals surface area contributed by atoms with Crippen LogP contribution in [0.3, 0.4) is 0 Å². The van der Waals surface area contributed by atoms with Gasteiger partial charge in [0.2, 0.25) is 0 Å². The molecule has 0 aromatic carbocycles. The third kappa shape index (κ3) is 3.80. The first-order valence-corrected chi connectivity index (χ1v) is 10.9. The average Bonchev–Trinajstić information content (AvgIpc) is 3.37. The van der Waals surface area contributed by atoms with Crippen LogP contribution in [0.2, 0.25) is 0 Å². The Morgan fingerprint density at radius 3 is 2.75 bits per heavy atom. The predicted molar refractivity (Wildman–Crippen MR) is 110 cm³/mol. The Labute approximate surface area is 167 Å². The summed E-state index contributed by atoms with van der Waals surface area (Å²) in [6.45, 7) is 5.48. The Kier molecular flexibility index (Phi) is 5.07. The van der Waals surface area contributed by atoms with Crippen LogP contribution in [0.4, 0.5) is 4.79 Å². The van der Waals surface area contributed by atoms with Crippen LogP contribution in [0.25, 0.3) is 5.57 Å². The smallest absolute Gasteiger partial charge is 0.315 e. The van der Waals surface area contributed by atoms with Crippen molar-refractivity contribution in [3.8, 4) is 0 Å². The molecule has 2 amide bonds. The van der Waals surface area contributed by atoms with E-state index in [-0.39, 0.29) is 6.03 Å². The van der Waals surface area contributed by atoms with E-state index < -0.39 is 0 Å². The minimum absolute atomic E-state index is 0.0182. The normalized spacial score (nSPS) is 31.2. The first-order valence-electron chi connectivity index (χ1n) is 10.9. The van der Waals surface area contributed by atoms with Crippen molar-refractivity contribution in [2.75, 3.05) is 26.2 Å². The molecule has 3 fully saturated rings. The highest BCUT2D eigenvalue weighted by atomic mass is 16.2. The van der Waals surface area contributed by atoms with Crippen molar-refractivity contribution < 1.29 is 4.79 Å². The third-order valence-corrected chi connectivity index (χ3v) is 6.99. The summed E-state index contributed by atoms with van der Waals surface area (Å²) in [4.78, 5) is 21.3. The monoisotopic (exact) mass is 381 g/mol. The molecule has 150 valence electrons. The molecule has 2 saturated heterocycles. The number of nitrogens with one attached hydrogen (secondary N) is 2. The molecule has 4 aliphatic rings. The summed E-state index contributed by atoms with van der Waals surface area (Å²) in [5.74, 6) is 0. The summed E-state index contributed by atoms with van der Waals surface area (Å²) < 4.78 is 0. The molecule has 1 aromatic rings. The van der Waals surface area contributed by atoms with Gasteiger partial charge in [-0.2, -0.15) is 0 Å². The van der Waals surface area contributed by atoms with Crippen molar-refractivity contribution >= 4 is 11.6 Å². The van der Waals surface area contributed by atoms with Crippen LogP contribution in [0.5, 0.6) is 0 Å². The van der Waals surface area contributed by atoms with E-state index in [1.165, 1.54) is 42.4 Å². The zero-order chi connectivity index (χ0) is 18.9. The lowest BCUT2D eigenvalue weighted by Gasteiger charge is -2.42. The molecular formula is C22H31N5O. The van der Waals surface area contributed by atoms with Gasteiger partial charge in [-0.25, -0.2) is 4.79 Å². The SMILES string of the molecule is O=C1NC2CCC(N3CCN(Cc4cncc(C5=CCCC5)c4)CC3)CC2N1. The van der Waals surface area contributed by atoms with Crippen molar-refractivity contribution in [2.24, 2.45) is 0 Å². The maximum Gasteiger partial charge on any atom is 0.315 e. The predicted octanol–water partition coefficient (Wildman–Crippen LogP) is 2.37. The number of carbonyl (C=O) groups is 1. The second-order valence-electron chi connectivity index (χ2n) is 8.81. The van der Waals surface area contributed by atoms with Gasteiger partial charge in [0.1, 0.15) is 0 Å². The quantitative estimate of drug-likeness (QED) is 0.841. The van der Waals surface area contributed by atoms with E-state index in [9.17, 15) is 4.79 Å². The minimum atomic E-state index is 0.0182. The van der Waals surface area contributed by atoms with E-state index in [1.807, 2.05) is 12.4 Å². The summed E-state index contributed by atoms with van der Waals surface area (Å²) in [7, 11) is 0. The maximum absolute atomic E-state index is 11.6. The summed E-state index contributed by atoms with van der Waals surface area (Å²) in [6.07, 6.45) is 13.5. The Bertz CT molecular complexity index is 755. The van der Waals surface area contributed by atoms with Gasteiger partial charge in [0.25, 0.3) is 0 Å². The molecule has 6 heteroatoms. The molecule has 2 aliphatic carbocycles. The van der Waals surface area contributed by atoms with Gasteiger partial charge in [-0.05, 0) is 61.3 Å². The van der Waals surface area contributed by atoms with Crippen LogP contribution >= 0.6 is 0 Å². The number of aromatic nitrogens is 1. The summed E-state index contributed by atoms with van der Waals surface area (Å²) in [5.41, 5.74) is 4.12. The number of allylic oxidation sites excluding steroid dienone is 2. The minimum Gasteiger partial charge on any atom is -0.333 e. The van der Waals surface area contributed by atoms with Gasteiger partial charge in [0, 0.05) is 51.2 Å². The van der Waals surface area contributed by atoms with E-state index in [0.29, 0.717) is 18.1 Å². The van der Waals surface area contributed by atoms with E-state index in [2.05, 4.69) is 37.6 Å². The maximum atomic E-state index is 11.6. The van der Waals surface area contributed by atoms with E-state index in [1.54, 1.807) is 0 Å². The number of carbonyl (C=O) groups excluding carboxylic acids is 1. The van der Waals surface area contributed by atoms with Crippen molar-refractivity contribution in [1.82, 2.24) is 25.4 Å². The summed E-state index contributed by atoms with van der Waals surface area (Å²) in [5, 5.41) is 6.15. The fourth-order valence-electron chi connectivity index (χ4n) is 5.42. The van der Waals surface area contributed by atoms with Crippen LogP contribution in [0, 0.1) is 0 Å². The molecule has 5 rings (SSSR count). The number of nitrogens with zero attached hydrogens (tertiary/aromatic N) is 3. The second kappa shape index (κ2) is 7.84. The van der Waals surface area contributed by atoms with Gasteiger partial charge in [-0.3, -0.25) is 14.8 Å². The molecule has 3 atom stereocenters. The summed E-state index contributed by atoms with van der Waals surface area (Å²) >= 11 is 0. The van der Waals surface area contributed by atoms with Crippen molar-refractivity contribution in [2.45, 2.75) is 63.2 Å². The van der Waals surface area contributed by atoms with E-state index in [4.69, 9.17) is 0 Å². The zero-order valence-corrected chi connectivity index (χ0v) is 16.6. The lowest BCUT2D eigenvalue weighted by Crippen LogP contribution is -2.54. The van der Waals surface area contributed by atoms with Crippen LogP contribution in [-0.4, -0.2) is 65.1 Å². The Hall–Kier alpha value is -1.92. The molecule has 0 spiro atoms. The van der Waals surface area contributed by atoms with Crippen LogP contribution in [0.1, 0.15) is 49.7 Å². The number of amides is 2. The van der Waals surface area contributed by atoms with Crippen LogP contribution in [0.15, 0.2) is 24.5 Å². The highest BCUT2D eigenvalue weighted by Crippen LogP contribution is 2.29. The Morgan fingerprint density at radius 1 is 1.07 bits per heavy atom.